The molecule has 0 unspecified atom stereocenters. The van der Waals surface area contributed by atoms with Crippen LogP contribution in [0.4, 0.5) is 35.0 Å². The molecule has 0 amide bonds. The van der Waals surface area contributed by atoms with Crippen molar-refractivity contribution in [3.05, 3.63) is 35.8 Å². The number of nitrogens with one attached hydrogen (secondary N) is 2. The molecule has 1 aromatic heterocycles. The number of nitrogens with zero attached hydrogens (tertiary/aromatic N) is 2. The molecule has 136 valence electrons. The molecule has 2 rings (SSSR count). The zero-order chi connectivity index (χ0) is 18.6. The average Bonchev–Trinajstić information content (AvgIpc) is 2.50. The molecule has 25 heavy (non-hydrogen) atoms. The van der Waals surface area contributed by atoms with E-state index in [4.69, 9.17) is 4.74 Å². The molecule has 0 aliphatic carbocycles. The van der Waals surface area contributed by atoms with Crippen LogP contribution in [0.3, 0.4) is 0 Å². The number of rotatable bonds is 6. The van der Waals surface area contributed by atoms with E-state index in [9.17, 15) is 17.6 Å². The Bertz CT molecular complexity index is 735. The summed E-state index contributed by atoms with van der Waals surface area (Å²) in [4.78, 5) is 7.52. The van der Waals surface area contributed by atoms with Crippen molar-refractivity contribution in [3.63, 3.8) is 0 Å². The maximum absolute atomic E-state index is 14.0. The summed E-state index contributed by atoms with van der Waals surface area (Å²) in [6, 6.07) is 4.19. The van der Waals surface area contributed by atoms with E-state index in [1.54, 1.807) is 20.8 Å². The first-order valence-electron chi connectivity index (χ1n) is 7.62. The minimum absolute atomic E-state index is 0.0500. The lowest BCUT2D eigenvalue weighted by atomic mass is 10.2. The number of hydrogen-bond acceptors (Lipinski definition) is 5. The Hall–Kier alpha value is -2.58. The van der Waals surface area contributed by atoms with Crippen LogP contribution in [0.1, 0.15) is 26.3 Å². The van der Waals surface area contributed by atoms with E-state index in [1.807, 2.05) is 0 Å². The fourth-order valence-corrected chi connectivity index (χ4v) is 2.03. The quantitative estimate of drug-likeness (QED) is 0.739. The molecule has 0 bridgehead atoms. The third kappa shape index (κ3) is 4.71. The average molecular weight is 358 g/mol. The van der Waals surface area contributed by atoms with Crippen LogP contribution in [0.25, 0.3) is 0 Å². The van der Waals surface area contributed by atoms with E-state index in [0.29, 0.717) is 6.20 Å². The monoisotopic (exact) mass is 358 g/mol. The molecule has 0 spiro atoms. The zero-order valence-corrected chi connectivity index (χ0v) is 13.9. The van der Waals surface area contributed by atoms with Crippen molar-refractivity contribution in [1.29, 1.82) is 0 Å². The normalized spacial score (nSPS) is 11.5. The predicted molar refractivity (Wildman–Crippen MR) is 86.6 cm³/mol. The van der Waals surface area contributed by atoms with Crippen LogP contribution in [0.15, 0.2) is 24.4 Å². The lowest BCUT2D eigenvalue weighted by Gasteiger charge is -2.17. The molecular weight excluding hydrogens is 340 g/mol. The van der Waals surface area contributed by atoms with E-state index >= 15 is 0 Å². The van der Waals surface area contributed by atoms with Crippen molar-refractivity contribution in [2.75, 3.05) is 17.2 Å². The molecule has 0 saturated heterocycles. The van der Waals surface area contributed by atoms with Gasteiger partial charge >= 0.3 is 6.18 Å². The smallest absolute Gasteiger partial charge is 0.421 e. The highest BCUT2D eigenvalue weighted by molar-refractivity contribution is 5.64. The summed E-state index contributed by atoms with van der Waals surface area (Å²) in [6.45, 7) is 5.36. The Morgan fingerprint density at radius 3 is 2.56 bits per heavy atom. The second-order valence-electron chi connectivity index (χ2n) is 5.39. The molecular formula is C16H18F4N4O. The maximum atomic E-state index is 14.0. The Morgan fingerprint density at radius 2 is 1.96 bits per heavy atom. The third-order valence-electron chi connectivity index (χ3n) is 3.01. The second-order valence-corrected chi connectivity index (χ2v) is 5.39. The summed E-state index contributed by atoms with van der Waals surface area (Å²) in [5.41, 5.74) is -0.756. The van der Waals surface area contributed by atoms with Crippen LogP contribution in [-0.4, -0.2) is 22.6 Å². The molecule has 0 fully saturated rings. The minimum Gasteiger partial charge on any atom is -0.486 e. The Balaban J connectivity index is 2.38. The molecule has 0 radical (unpaired) electrons. The van der Waals surface area contributed by atoms with Gasteiger partial charge in [-0.05, 0) is 32.9 Å². The zero-order valence-electron chi connectivity index (χ0n) is 13.9. The first kappa shape index (κ1) is 18.8. The SMILES string of the molecule is CCNc1nc(Nc2cccc(F)c2OC(C)C)ncc1C(F)(F)F. The molecule has 0 atom stereocenters. The van der Waals surface area contributed by atoms with Crippen molar-refractivity contribution in [1.82, 2.24) is 9.97 Å². The number of halogens is 4. The number of aromatic nitrogens is 2. The fourth-order valence-electron chi connectivity index (χ4n) is 2.03. The van der Waals surface area contributed by atoms with Gasteiger partial charge in [-0.1, -0.05) is 6.07 Å². The standard InChI is InChI=1S/C16H18F4N4O/c1-4-21-14-10(16(18,19)20)8-22-15(24-14)23-12-7-5-6-11(17)13(12)25-9(2)3/h5-9H,4H2,1-3H3,(H2,21,22,23,24). The number of benzene rings is 1. The maximum Gasteiger partial charge on any atom is 0.421 e. The van der Waals surface area contributed by atoms with Gasteiger partial charge in [0, 0.05) is 12.7 Å². The van der Waals surface area contributed by atoms with Crippen molar-refractivity contribution >= 4 is 17.5 Å². The highest BCUT2D eigenvalue weighted by Gasteiger charge is 2.35. The lowest BCUT2D eigenvalue weighted by Crippen LogP contribution is -2.14. The van der Waals surface area contributed by atoms with E-state index in [1.165, 1.54) is 18.2 Å². The number of para-hydroxylation sites is 1. The van der Waals surface area contributed by atoms with Gasteiger partial charge < -0.3 is 15.4 Å². The fraction of sp³-hybridized carbons (Fsp3) is 0.375. The van der Waals surface area contributed by atoms with Crippen LogP contribution < -0.4 is 15.4 Å². The number of anilines is 3. The van der Waals surface area contributed by atoms with E-state index in [0.717, 1.165) is 0 Å². The Labute approximate surface area is 142 Å². The summed E-state index contributed by atoms with van der Waals surface area (Å²) < 4.78 is 58.3. The molecule has 0 aliphatic heterocycles. The van der Waals surface area contributed by atoms with E-state index in [2.05, 4.69) is 20.6 Å². The molecule has 5 nitrogen and oxygen atoms in total. The van der Waals surface area contributed by atoms with Gasteiger partial charge in [0.25, 0.3) is 0 Å². The van der Waals surface area contributed by atoms with Gasteiger partial charge in [-0.3, -0.25) is 0 Å². The largest absolute Gasteiger partial charge is 0.486 e. The summed E-state index contributed by atoms with van der Waals surface area (Å²) in [7, 11) is 0. The van der Waals surface area contributed by atoms with Gasteiger partial charge in [0.15, 0.2) is 11.6 Å². The topological polar surface area (TPSA) is 59.1 Å². The molecule has 2 aromatic rings. The molecule has 0 aliphatic rings. The molecule has 1 aromatic carbocycles. The number of alkyl halides is 3. The summed E-state index contributed by atoms with van der Waals surface area (Å²) in [5.74, 6) is -1.11. The van der Waals surface area contributed by atoms with Crippen LogP contribution in [0, 0.1) is 5.82 Å². The first-order valence-corrected chi connectivity index (χ1v) is 7.62. The van der Waals surface area contributed by atoms with Crippen LogP contribution >= 0.6 is 0 Å². The van der Waals surface area contributed by atoms with Crippen molar-refractivity contribution < 1.29 is 22.3 Å². The summed E-state index contributed by atoms with van der Waals surface area (Å²) >= 11 is 0. The lowest BCUT2D eigenvalue weighted by molar-refractivity contribution is -0.137. The van der Waals surface area contributed by atoms with Gasteiger partial charge in [-0.15, -0.1) is 0 Å². The van der Waals surface area contributed by atoms with Gasteiger partial charge in [-0.2, -0.15) is 18.2 Å². The van der Waals surface area contributed by atoms with Crippen LogP contribution in [0.5, 0.6) is 5.75 Å². The van der Waals surface area contributed by atoms with Crippen LogP contribution in [-0.2, 0) is 6.18 Å². The third-order valence-corrected chi connectivity index (χ3v) is 3.01. The number of hydrogen-bond donors (Lipinski definition) is 2. The molecule has 1 heterocycles. The van der Waals surface area contributed by atoms with Crippen molar-refractivity contribution in [3.8, 4) is 5.75 Å². The Morgan fingerprint density at radius 1 is 1.24 bits per heavy atom. The molecule has 9 heteroatoms. The second kappa shape index (κ2) is 7.54. The Kier molecular flexibility index (Phi) is 5.66. The van der Waals surface area contributed by atoms with Crippen molar-refractivity contribution in [2.24, 2.45) is 0 Å². The van der Waals surface area contributed by atoms with Crippen LogP contribution in [0.2, 0.25) is 0 Å². The molecule has 0 saturated carbocycles. The van der Waals surface area contributed by atoms with Gasteiger partial charge in [0.05, 0.1) is 11.8 Å². The number of ether oxygens (including phenoxy) is 1. The van der Waals surface area contributed by atoms with Gasteiger partial charge in [0.1, 0.15) is 11.4 Å². The minimum atomic E-state index is -4.58. The van der Waals surface area contributed by atoms with E-state index < -0.39 is 17.6 Å². The summed E-state index contributed by atoms with van der Waals surface area (Å²) in [6.07, 6.45) is -4.19. The van der Waals surface area contributed by atoms with Gasteiger partial charge in [0.2, 0.25) is 5.95 Å². The highest BCUT2D eigenvalue weighted by Crippen LogP contribution is 2.35. The van der Waals surface area contributed by atoms with Crippen molar-refractivity contribution in [2.45, 2.75) is 33.1 Å². The first-order chi connectivity index (χ1) is 11.7. The van der Waals surface area contributed by atoms with Gasteiger partial charge in [-0.25, -0.2) is 9.37 Å². The highest BCUT2D eigenvalue weighted by atomic mass is 19.4. The molecule has 2 N–H and O–H groups in total. The predicted octanol–water partition coefficient (Wildman–Crippen LogP) is 4.60. The summed E-state index contributed by atoms with van der Waals surface area (Å²) in [5, 5.41) is 5.25. The van der Waals surface area contributed by atoms with E-state index in [-0.39, 0.29) is 35.9 Å².